The average Bonchev–Trinajstić information content (AvgIpc) is 2.49. The highest BCUT2D eigenvalue weighted by Crippen LogP contribution is 2.13. The van der Waals surface area contributed by atoms with E-state index < -0.39 is 11.5 Å². The molecule has 1 aromatic carbocycles. The van der Waals surface area contributed by atoms with Gasteiger partial charge in [0, 0.05) is 16.8 Å². The second kappa shape index (κ2) is 7.22. The van der Waals surface area contributed by atoms with Gasteiger partial charge in [0.15, 0.2) is 0 Å². The quantitative estimate of drug-likeness (QED) is 0.481. The van der Waals surface area contributed by atoms with Gasteiger partial charge in [-0.15, -0.1) is 0 Å². The van der Waals surface area contributed by atoms with Gasteiger partial charge < -0.3 is 4.74 Å². The highest BCUT2D eigenvalue weighted by atomic mass is 79.9. The van der Waals surface area contributed by atoms with Gasteiger partial charge in [0.1, 0.15) is 12.1 Å². The van der Waals surface area contributed by atoms with Crippen LogP contribution in [0.1, 0.15) is 5.56 Å². The zero-order valence-corrected chi connectivity index (χ0v) is 12.2. The van der Waals surface area contributed by atoms with Crippen LogP contribution < -0.4 is 0 Å². The van der Waals surface area contributed by atoms with Crippen LogP contribution in [-0.2, 0) is 9.53 Å². The number of carbonyl (C=O) groups is 1. The maximum atomic E-state index is 11.0. The lowest BCUT2D eigenvalue weighted by molar-refractivity contribution is -0.134. The summed E-state index contributed by atoms with van der Waals surface area (Å²) in [7, 11) is 1.21. The van der Waals surface area contributed by atoms with Crippen LogP contribution >= 0.6 is 15.9 Å². The van der Waals surface area contributed by atoms with Crippen LogP contribution in [0.25, 0.3) is 0 Å². The number of methoxy groups -OCH3 is 1. The topological polar surface area (TPSA) is 86.2 Å². The third kappa shape index (κ3) is 4.34. The molecule has 0 bridgehead atoms. The summed E-state index contributed by atoms with van der Waals surface area (Å²) in [5, 5.41) is 18.2. The minimum Gasteiger partial charge on any atom is -0.466 e. The number of rotatable bonds is 4. The normalized spacial score (nSPS) is 11.2. The van der Waals surface area contributed by atoms with Crippen molar-refractivity contribution in [3.63, 3.8) is 0 Å². The van der Waals surface area contributed by atoms with Crippen LogP contribution in [0.3, 0.4) is 0 Å². The molecule has 0 spiro atoms. The predicted octanol–water partition coefficient (Wildman–Crippen LogP) is 2.38. The Bertz CT molecular complexity index is 607. The molecular weight excluding hydrogens is 322 g/mol. The maximum absolute atomic E-state index is 11.0. The smallest absolute Gasteiger partial charge is 0.330 e. The zero-order valence-electron chi connectivity index (χ0n) is 10.6. The molecule has 0 heterocycles. The van der Waals surface area contributed by atoms with Gasteiger partial charge in [0.25, 0.3) is 5.54 Å². The van der Waals surface area contributed by atoms with Gasteiger partial charge in [0.2, 0.25) is 0 Å². The largest absolute Gasteiger partial charge is 0.466 e. The monoisotopic (exact) mass is 331 g/mol. The third-order valence-electron chi connectivity index (χ3n) is 2.29. The van der Waals surface area contributed by atoms with E-state index in [4.69, 9.17) is 10.5 Å². The van der Waals surface area contributed by atoms with Crippen molar-refractivity contribution in [3.05, 3.63) is 46.5 Å². The minimum atomic E-state index is -1.75. The Kier molecular flexibility index (Phi) is 5.64. The van der Waals surface area contributed by atoms with Gasteiger partial charge in [-0.25, -0.2) is 4.79 Å². The molecule has 100 valence electrons. The summed E-state index contributed by atoms with van der Waals surface area (Å²) in [6.07, 6.45) is 3.51. The SMILES string of the molecule is COC(=O)/C=C\C(C#N)(C#N)N=Cc1ccc(Br)cc1. The third-order valence-corrected chi connectivity index (χ3v) is 2.82. The van der Waals surface area contributed by atoms with Crippen LogP contribution in [0.2, 0.25) is 0 Å². The fraction of sp³-hybridized carbons (Fsp3) is 0.143. The van der Waals surface area contributed by atoms with E-state index in [-0.39, 0.29) is 0 Å². The number of hydrogen-bond acceptors (Lipinski definition) is 5. The fourth-order valence-electron chi connectivity index (χ4n) is 1.18. The number of ether oxygens (including phenoxy) is 1. The molecule has 0 fully saturated rings. The van der Waals surface area contributed by atoms with Crippen molar-refractivity contribution in [1.29, 1.82) is 10.5 Å². The summed E-state index contributed by atoms with van der Waals surface area (Å²) in [5.74, 6) is -0.654. The average molecular weight is 332 g/mol. The number of aliphatic imine (C=N–C) groups is 1. The summed E-state index contributed by atoms with van der Waals surface area (Å²) in [6, 6.07) is 10.7. The van der Waals surface area contributed by atoms with Gasteiger partial charge in [0.05, 0.1) is 7.11 Å². The van der Waals surface area contributed by atoms with Crippen LogP contribution in [0.4, 0.5) is 0 Å². The Morgan fingerprint density at radius 1 is 1.35 bits per heavy atom. The van der Waals surface area contributed by atoms with Crippen molar-refractivity contribution in [1.82, 2.24) is 0 Å². The molecule has 1 rings (SSSR count). The van der Waals surface area contributed by atoms with Gasteiger partial charge in [-0.3, -0.25) is 4.99 Å². The van der Waals surface area contributed by atoms with Crippen molar-refractivity contribution in [2.24, 2.45) is 4.99 Å². The van der Waals surface area contributed by atoms with E-state index in [9.17, 15) is 4.79 Å². The van der Waals surface area contributed by atoms with Crippen molar-refractivity contribution >= 4 is 28.1 Å². The number of benzene rings is 1. The Morgan fingerprint density at radius 2 is 1.95 bits per heavy atom. The van der Waals surface area contributed by atoms with Gasteiger partial charge in [-0.05, 0) is 23.8 Å². The highest BCUT2D eigenvalue weighted by Gasteiger charge is 2.25. The molecule has 0 aliphatic heterocycles. The molecule has 0 unspecified atom stereocenters. The first-order valence-corrected chi connectivity index (χ1v) is 6.25. The first-order chi connectivity index (χ1) is 9.55. The van der Waals surface area contributed by atoms with Crippen LogP contribution in [-0.4, -0.2) is 24.8 Å². The van der Waals surface area contributed by atoms with Gasteiger partial charge >= 0.3 is 5.97 Å². The zero-order chi connectivity index (χ0) is 15.0. The van der Waals surface area contributed by atoms with Crippen molar-refractivity contribution in [2.75, 3.05) is 7.11 Å². The van der Waals surface area contributed by atoms with E-state index in [2.05, 4.69) is 25.7 Å². The van der Waals surface area contributed by atoms with E-state index in [0.717, 1.165) is 22.2 Å². The number of hydrogen-bond donors (Lipinski definition) is 0. The molecule has 0 radical (unpaired) electrons. The number of esters is 1. The summed E-state index contributed by atoms with van der Waals surface area (Å²) in [4.78, 5) is 15.0. The molecule has 0 aliphatic rings. The molecule has 0 aliphatic carbocycles. The van der Waals surface area contributed by atoms with Gasteiger partial charge in [-0.1, -0.05) is 28.1 Å². The standard InChI is InChI=1S/C14H10BrN3O2/c1-20-13(19)6-7-14(9-16,10-17)18-8-11-2-4-12(15)5-3-11/h2-8H,1H3/b7-6-,18-8?. The fourth-order valence-corrected chi connectivity index (χ4v) is 1.45. The summed E-state index contributed by atoms with van der Waals surface area (Å²) >= 11 is 3.30. The Balaban J connectivity index is 3.01. The van der Waals surface area contributed by atoms with E-state index in [1.165, 1.54) is 13.3 Å². The molecule has 5 nitrogen and oxygen atoms in total. The number of nitrogens with zero attached hydrogens (tertiary/aromatic N) is 3. The number of halogens is 1. The molecular formula is C14H10BrN3O2. The number of nitriles is 2. The first-order valence-electron chi connectivity index (χ1n) is 5.46. The van der Waals surface area contributed by atoms with Crippen molar-refractivity contribution in [3.8, 4) is 12.1 Å². The van der Waals surface area contributed by atoms with Crippen molar-refractivity contribution < 1.29 is 9.53 Å². The van der Waals surface area contributed by atoms with E-state index in [1.807, 2.05) is 12.1 Å². The molecule has 1 aromatic rings. The van der Waals surface area contributed by atoms with Crippen molar-refractivity contribution in [2.45, 2.75) is 5.54 Å². The predicted molar refractivity (Wildman–Crippen MR) is 76.8 cm³/mol. The Labute approximate surface area is 124 Å². The molecule has 0 saturated carbocycles. The molecule has 0 N–H and O–H groups in total. The summed E-state index contributed by atoms with van der Waals surface area (Å²) in [6.45, 7) is 0. The number of carbonyl (C=O) groups excluding carboxylic acids is 1. The molecule has 0 aromatic heterocycles. The molecule has 20 heavy (non-hydrogen) atoms. The van der Waals surface area contributed by atoms with Crippen LogP contribution in [0.15, 0.2) is 45.9 Å². The highest BCUT2D eigenvalue weighted by molar-refractivity contribution is 9.10. The molecule has 0 saturated heterocycles. The summed E-state index contributed by atoms with van der Waals surface area (Å²) in [5.41, 5.74) is -1.02. The van der Waals surface area contributed by atoms with Gasteiger partial charge in [-0.2, -0.15) is 10.5 Å². The minimum absolute atomic E-state index is 0.654. The lowest BCUT2D eigenvalue weighted by atomic mass is 10.0. The molecule has 6 heteroatoms. The van der Waals surface area contributed by atoms with E-state index in [0.29, 0.717) is 0 Å². The first kappa shape index (κ1) is 15.6. The second-order valence-corrected chi connectivity index (χ2v) is 4.57. The lowest BCUT2D eigenvalue weighted by Crippen LogP contribution is -2.19. The van der Waals surface area contributed by atoms with Crippen LogP contribution in [0.5, 0.6) is 0 Å². The Hall–Kier alpha value is -2.44. The second-order valence-electron chi connectivity index (χ2n) is 3.66. The van der Waals surface area contributed by atoms with Crippen LogP contribution in [0, 0.1) is 22.7 Å². The maximum Gasteiger partial charge on any atom is 0.330 e. The summed E-state index contributed by atoms with van der Waals surface area (Å²) < 4.78 is 5.32. The van der Waals surface area contributed by atoms with E-state index >= 15 is 0 Å². The Morgan fingerprint density at radius 3 is 2.45 bits per heavy atom. The lowest BCUT2D eigenvalue weighted by Gasteiger charge is -2.06. The van der Waals surface area contributed by atoms with E-state index in [1.54, 1.807) is 24.3 Å². The molecule has 0 amide bonds. The molecule has 0 atom stereocenters.